The molecule has 1 nitrogen and oxygen atoms in total. The molecule has 0 aliphatic heterocycles. The maximum atomic E-state index is 9.74. The summed E-state index contributed by atoms with van der Waals surface area (Å²) >= 11 is 2.11. The highest BCUT2D eigenvalue weighted by Crippen LogP contribution is 2.62. The first-order chi connectivity index (χ1) is 10.1. The van der Waals surface area contributed by atoms with Crippen LogP contribution in [0.5, 0.6) is 5.75 Å². The quantitative estimate of drug-likeness (QED) is 0.789. The molecule has 4 rings (SSSR count). The highest BCUT2D eigenvalue weighted by Gasteiger charge is 2.54. The van der Waals surface area contributed by atoms with Crippen molar-refractivity contribution in [2.24, 2.45) is 17.3 Å². The van der Waals surface area contributed by atoms with E-state index >= 15 is 0 Å². The van der Waals surface area contributed by atoms with E-state index in [-0.39, 0.29) is 0 Å². The highest BCUT2D eigenvalue weighted by atomic mass is 32.2. The van der Waals surface area contributed by atoms with Gasteiger partial charge in [-0.15, -0.1) is 0 Å². The number of aryl methyl sites for hydroxylation is 1. The molecule has 21 heavy (non-hydrogen) atoms. The van der Waals surface area contributed by atoms with Gasteiger partial charge in [0.05, 0.1) is 0 Å². The average molecular weight is 302 g/mol. The van der Waals surface area contributed by atoms with Gasteiger partial charge >= 0.3 is 0 Å². The first-order valence-corrected chi connectivity index (χ1v) is 9.77. The van der Waals surface area contributed by atoms with Crippen LogP contribution in [0.4, 0.5) is 0 Å². The fourth-order valence-corrected chi connectivity index (χ4v) is 7.11. The third kappa shape index (κ3) is 1.98. The molecule has 1 N–H and O–H groups in total. The van der Waals surface area contributed by atoms with Crippen molar-refractivity contribution < 1.29 is 5.11 Å². The van der Waals surface area contributed by atoms with E-state index in [0.717, 1.165) is 23.0 Å². The van der Waals surface area contributed by atoms with Gasteiger partial charge in [0, 0.05) is 5.25 Å². The van der Waals surface area contributed by atoms with Crippen LogP contribution in [0.3, 0.4) is 0 Å². The molecule has 0 aromatic heterocycles. The molecule has 0 unspecified atom stereocenters. The number of hydrogen-bond donors (Lipinski definition) is 1. The van der Waals surface area contributed by atoms with E-state index in [4.69, 9.17) is 0 Å². The number of fused-ring (bicyclic) bond motifs is 5. The Morgan fingerprint density at radius 1 is 1.19 bits per heavy atom. The molecule has 3 aliphatic rings. The summed E-state index contributed by atoms with van der Waals surface area (Å²) in [4.78, 5) is 0. The largest absolute Gasteiger partial charge is 0.508 e. The Morgan fingerprint density at radius 3 is 2.86 bits per heavy atom. The van der Waals surface area contributed by atoms with Crippen LogP contribution in [0.1, 0.15) is 56.1 Å². The minimum Gasteiger partial charge on any atom is -0.508 e. The summed E-state index contributed by atoms with van der Waals surface area (Å²) in [5.74, 6) is 3.01. The van der Waals surface area contributed by atoms with Gasteiger partial charge in [0.15, 0.2) is 0 Å². The maximum absolute atomic E-state index is 9.74. The molecule has 0 radical (unpaired) electrons. The van der Waals surface area contributed by atoms with Crippen molar-refractivity contribution in [3.63, 3.8) is 0 Å². The van der Waals surface area contributed by atoms with Crippen LogP contribution in [0.25, 0.3) is 0 Å². The van der Waals surface area contributed by atoms with Crippen molar-refractivity contribution in [3.05, 3.63) is 29.3 Å². The van der Waals surface area contributed by atoms with Crippen LogP contribution < -0.4 is 0 Å². The molecule has 1 aromatic rings. The molecule has 0 saturated heterocycles. The number of phenols is 1. The average Bonchev–Trinajstić information content (AvgIpc) is 2.83. The lowest BCUT2D eigenvalue weighted by Gasteiger charge is -2.50. The second-order valence-electron chi connectivity index (χ2n) is 7.64. The van der Waals surface area contributed by atoms with Gasteiger partial charge < -0.3 is 5.11 Å². The van der Waals surface area contributed by atoms with E-state index in [9.17, 15) is 5.11 Å². The normalized spacial score (nSPS) is 41.2. The third-order valence-corrected chi connectivity index (χ3v) is 8.25. The van der Waals surface area contributed by atoms with Crippen molar-refractivity contribution >= 4 is 11.8 Å². The van der Waals surface area contributed by atoms with Crippen LogP contribution in [-0.4, -0.2) is 16.6 Å². The zero-order chi connectivity index (χ0) is 14.6. The minimum absolute atomic E-state index is 0.441. The Morgan fingerprint density at radius 2 is 2.05 bits per heavy atom. The number of phenolic OH excluding ortho intramolecular Hbond substituents is 1. The second-order valence-corrected chi connectivity index (χ2v) is 8.69. The van der Waals surface area contributed by atoms with Gasteiger partial charge in [0.2, 0.25) is 0 Å². The first kappa shape index (κ1) is 14.0. The SMILES string of the molecule is CS[C@H]1CC[C@H]2[C@H]3CCc4cc(O)ccc4[C@H]3CC[C@@]12C. The fourth-order valence-electron chi connectivity index (χ4n) is 5.91. The second kappa shape index (κ2) is 4.94. The summed E-state index contributed by atoms with van der Waals surface area (Å²) in [6, 6.07) is 6.12. The summed E-state index contributed by atoms with van der Waals surface area (Å²) in [6.45, 7) is 2.58. The minimum atomic E-state index is 0.441. The highest BCUT2D eigenvalue weighted by molar-refractivity contribution is 7.99. The van der Waals surface area contributed by atoms with Crippen molar-refractivity contribution in [3.8, 4) is 5.75 Å². The number of aromatic hydroxyl groups is 1. The predicted octanol–water partition coefficient (Wildman–Crippen LogP) is 4.98. The van der Waals surface area contributed by atoms with Gasteiger partial charge in [0.1, 0.15) is 5.75 Å². The van der Waals surface area contributed by atoms with E-state index in [1.807, 2.05) is 12.1 Å². The maximum Gasteiger partial charge on any atom is 0.115 e. The molecule has 1 aromatic carbocycles. The molecule has 0 spiro atoms. The summed E-state index contributed by atoms with van der Waals surface area (Å²) in [5.41, 5.74) is 3.55. The van der Waals surface area contributed by atoms with E-state index in [2.05, 4.69) is 31.0 Å². The van der Waals surface area contributed by atoms with Gasteiger partial charge in [0.25, 0.3) is 0 Å². The standard InChI is InChI=1S/C19H26OS/c1-19-10-9-15-14-6-4-13(20)11-12(14)3-5-16(15)17(19)7-8-18(19)21-2/h4,6,11,15-18,20H,3,5,7-10H2,1-2H3/t15-,16+,17+,18+,19-/m1/s1. The molecule has 0 bridgehead atoms. The van der Waals surface area contributed by atoms with E-state index < -0.39 is 0 Å². The summed E-state index contributed by atoms with van der Waals surface area (Å²) in [7, 11) is 0. The molecule has 0 heterocycles. The Balaban J connectivity index is 1.68. The molecule has 2 saturated carbocycles. The van der Waals surface area contributed by atoms with Gasteiger partial charge in [-0.3, -0.25) is 0 Å². The molecule has 0 amide bonds. The molecular weight excluding hydrogens is 276 g/mol. The number of thioether (sulfide) groups is 1. The van der Waals surface area contributed by atoms with Gasteiger partial charge in [-0.1, -0.05) is 13.0 Å². The summed E-state index contributed by atoms with van der Waals surface area (Å²) in [5, 5.41) is 10.6. The Kier molecular flexibility index (Phi) is 3.29. The lowest BCUT2D eigenvalue weighted by Crippen LogP contribution is -2.43. The first-order valence-electron chi connectivity index (χ1n) is 8.48. The smallest absolute Gasteiger partial charge is 0.115 e. The van der Waals surface area contributed by atoms with Gasteiger partial charge in [-0.25, -0.2) is 0 Å². The zero-order valence-electron chi connectivity index (χ0n) is 13.1. The van der Waals surface area contributed by atoms with E-state index in [1.54, 1.807) is 5.56 Å². The molecule has 2 heteroatoms. The van der Waals surface area contributed by atoms with Gasteiger partial charge in [-0.05, 0) is 91.2 Å². The Labute approximate surface area is 132 Å². The van der Waals surface area contributed by atoms with Crippen molar-refractivity contribution in [1.29, 1.82) is 0 Å². The molecule has 114 valence electrons. The van der Waals surface area contributed by atoms with Crippen molar-refractivity contribution in [1.82, 2.24) is 0 Å². The van der Waals surface area contributed by atoms with Crippen molar-refractivity contribution in [2.75, 3.05) is 6.26 Å². The van der Waals surface area contributed by atoms with Crippen LogP contribution in [0.15, 0.2) is 18.2 Å². The topological polar surface area (TPSA) is 20.2 Å². The molecular formula is C19H26OS. The van der Waals surface area contributed by atoms with Crippen LogP contribution in [0.2, 0.25) is 0 Å². The van der Waals surface area contributed by atoms with Crippen LogP contribution in [-0.2, 0) is 6.42 Å². The van der Waals surface area contributed by atoms with E-state index in [1.165, 1.54) is 44.1 Å². The third-order valence-electron chi connectivity index (χ3n) is 6.91. The Bertz CT molecular complexity index is 554. The number of rotatable bonds is 1. The predicted molar refractivity (Wildman–Crippen MR) is 90.0 cm³/mol. The Hall–Kier alpha value is -0.630. The number of benzene rings is 1. The van der Waals surface area contributed by atoms with Gasteiger partial charge in [-0.2, -0.15) is 11.8 Å². The fraction of sp³-hybridized carbons (Fsp3) is 0.684. The zero-order valence-corrected chi connectivity index (χ0v) is 14.0. The van der Waals surface area contributed by atoms with Crippen LogP contribution in [0, 0.1) is 17.3 Å². The van der Waals surface area contributed by atoms with Crippen LogP contribution >= 0.6 is 11.8 Å². The lowest BCUT2D eigenvalue weighted by atomic mass is 9.56. The molecule has 5 atom stereocenters. The van der Waals surface area contributed by atoms with E-state index in [0.29, 0.717) is 11.2 Å². The monoisotopic (exact) mass is 302 g/mol. The van der Waals surface area contributed by atoms with Crippen molar-refractivity contribution in [2.45, 2.75) is 56.6 Å². The lowest BCUT2D eigenvalue weighted by molar-refractivity contribution is 0.0631. The molecule has 3 aliphatic carbocycles. The number of hydrogen-bond acceptors (Lipinski definition) is 2. The summed E-state index contributed by atoms with van der Waals surface area (Å²) in [6.07, 6.45) is 10.4. The molecule has 2 fully saturated rings. The summed E-state index contributed by atoms with van der Waals surface area (Å²) < 4.78 is 0.